The van der Waals surface area contributed by atoms with Crippen LogP contribution in [0.5, 0.6) is 5.75 Å². The van der Waals surface area contributed by atoms with E-state index in [1.165, 1.54) is 0 Å². The normalized spacial score (nSPS) is 15.0. The molecule has 0 bridgehead atoms. The zero-order chi connectivity index (χ0) is 17.3. The third-order valence-corrected chi connectivity index (χ3v) is 5.44. The van der Waals surface area contributed by atoms with Gasteiger partial charge in [-0.3, -0.25) is 0 Å². The molecule has 1 unspecified atom stereocenters. The minimum absolute atomic E-state index is 0.296. The van der Waals surface area contributed by atoms with E-state index in [4.69, 9.17) is 4.74 Å². The first-order chi connectivity index (χ1) is 11.3. The van der Waals surface area contributed by atoms with Gasteiger partial charge in [0, 0.05) is 12.5 Å². The fourth-order valence-corrected chi connectivity index (χ4v) is 3.99. The summed E-state index contributed by atoms with van der Waals surface area (Å²) in [6.07, 6.45) is 1.33. The van der Waals surface area contributed by atoms with Gasteiger partial charge in [0.2, 0.25) is 10.0 Å². The molecule has 0 spiro atoms. The molecule has 0 radical (unpaired) electrons. The zero-order valence-electron chi connectivity index (χ0n) is 13.1. The molecule has 4 nitrogen and oxygen atoms in total. The molecule has 7 heteroatoms. The molecule has 1 N–H and O–H groups in total. The van der Waals surface area contributed by atoms with E-state index in [0.717, 1.165) is 35.4 Å². The molecule has 2 aromatic rings. The van der Waals surface area contributed by atoms with Crippen molar-refractivity contribution >= 4 is 10.0 Å². The van der Waals surface area contributed by atoms with Crippen LogP contribution in [-0.2, 0) is 22.9 Å². The summed E-state index contributed by atoms with van der Waals surface area (Å²) in [6, 6.07) is 7.90. The average molecular weight is 353 g/mol. The van der Waals surface area contributed by atoms with Crippen molar-refractivity contribution in [2.24, 2.45) is 0 Å². The number of halogens is 2. The van der Waals surface area contributed by atoms with Crippen LogP contribution in [0.3, 0.4) is 0 Å². The first kappa shape index (κ1) is 16.9. The average Bonchev–Trinajstić information content (AvgIpc) is 2.96. The fourth-order valence-electron chi connectivity index (χ4n) is 2.74. The van der Waals surface area contributed by atoms with Gasteiger partial charge in [-0.2, -0.15) is 0 Å². The van der Waals surface area contributed by atoms with Gasteiger partial charge in [-0.15, -0.1) is 0 Å². The summed E-state index contributed by atoms with van der Waals surface area (Å²) in [6.45, 7) is 2.39. The molecular formula is C17H17F2NO3S. The van der Waals surface area contributed by atoms with E-state index in [-0.39, 0.29) is 4.90 Å². The number of benzene rings is 2. The van der Waals surface area contributed by atoms with E-state index < -0.39 is 27.7 Å². The van der Waals surface area contributed by atoms with Crippen molar-refractivity contribution in [1.82, 2.24) is 4.72 Å². The molecule has 1 aliphatic rings. The van der Waals surface area contributed by atoms with Crippen LogP contribution in [-0.4, -0.2) is 21.1 Å². The molecule has 2 aromatic carbocycles. The van der Waals surface area contributed by atoms with Crippen LogP contribution in [0.25, 0.3) is 0 Å². The molecule has 3 rings (SSSR count). The number of nitrogens with one attached hydrogen (secondary N) is 1. The van der Waals surface area contributed by atoms with Gasteiger partial charge >= 0.3 is 0 Å². The van der Waals surface area contributed by atoms with Crippen LogP contribution in [0.2, 0.25) is 0 Å². The maximum atomic E-state index is 13.2. The first-order valence-corrected chi connectivity index (χ1v) is 9.05. The van der Waals surface area contributed by atoms with Crippen molar-refractivity contribution in [3.63, 3.8) is 0 Å². The Kier molecular flexibility index (Phi) is 4.56. The summed E-state index contributed by atoms with van der Waals surface area (Å²) in [7, 11) is -3.91. The van der Waals surface area contributed by atoms with Gasteiger partial charge in [-0.05, 0) is 48.7 Å². The number of ether oxygens (including phenoxy) is 1. The number of rotatable bonds is 5. The monoisotopic (exact) mass is 353 g/mol. The second kappa shape index (κ2) is 6.49. The number of fused-ring (bicyclic) bond motifs is 1. The molecule has 0 aliphatic carbocycles. The molecule has 1 atom stereocenters. The highest BCUT2D eigenvalue weighted by molar-refractivity contribution is 7.89. The topological polar surface area (TPSA) is 55.4 Å². The van der Waals surface area contributed by atoms with Crippen LogP contribution in [0.15, 0.2) is 41.3 Å². The Hall–Kier alpha value is -1.99. The molecule has 1 heterocycles. The molecule has 0 amide bonds. The maximum Gasteiger partial charge on any atom is 0.240 e. The standard InChI is InChI=1S/C17H17F2NO3S/c1-11(8-12-2-5-17-13(9-12)6-7-23-17)20-24(21,22)14-3-4-15(18)16(19)10-14/h2-5,9-11,20H,6-8H2,1H3. The molecule has 1 aliphatic heterocycles. The summed E-state index contributed by atoms with van der Waals surface area (Å²) >= 11 is 0. The molecule has 0 saturated heterocycles. The van der Waals surface area contributed by atoms with Crippen LogP contribution < -0.4 is 9.46 Å². The van der Waals surface area contributed by atoms with Crippen molar-refractivity contribution in [2.45, 2.75) is 30.7 Å². The SMILES string of the molecule is CC(Cc1ccc2c(c1)CCO2)NS(=O)(=O)c1ccc(F)c(F)c1. The minimum Gasteiger partial charge on any atom is -0.493 e. The number of sulfonamides is 1. The number of hydrogen-bond acceptors (Lipinski definition) is 3. The van der Waals surface area contributed by atoms with E-state index in [2.05, 4.69) is 4.72 Å². The Bertz CT molecular complexity index is 868. The first-order valence-electron chi connectivity index (χ1n) is 7.57. The van der Waals surface area contributed by atoms with Crippen molar-refractivity contribution in [3.8, 4) is 5.75 Å². The second-order valence-electron chi connectivity index (χ2n) is 5.84. The lowest BCUT2D eigenvalue weighted by Gasteiger charge is -2.15. The van der Waals surface area contributed by atoms with Crippen molar-refractivity contribution in [3.05, 3.63) is 59.2 Å². The Balaban J connectivity index is 1.71. The predicted molar refractivity (Wildman–Crippen MR) is 85.5 cm³/mol. The lowest BCUT2D eigenvalue weighted by atomic mass is 10.0. The smallest absolute Gasteiger partial charge is 0.240 e. The summed E-state index contributed by atoms with van der Waals surface area (Å²) < 4.78 is 58.6. The van der Waals surface area contributed by atoms with Gasteiger partial charge in [0.25, 0.3) is 0 Å². The molecule has 24 heavy (non-hydrogen) atoms. The summed E-state index contributed by atoms with van der Waals surface area (Å²) in [5.41, 5.74) is 2.10. The third-order valence-electron chi connectivity index (χ3n) is 3.85. The Morgan fingerprint density at radius 1 is 1.17 bits per heavy atom. The highest BCUT2D eigenvalue weighted by Crippen LogP contribution is 2.26. The van der Waals surface area contributed by atoms with E-state index in [1.807, 2.05) is 18.2 Å². The third kappa shape index (κ3) is 3.57. The Morgan fingerprint density at radius 2 is 1.96 bits per heavy atom. The minimum atomic E-state index is -3.91. The fraction of sp³-hybridized carbons (Fsp3) is 0.294. The van der Waals surface area contributed by atoms with Crippen LogP contribution in [0.1, 0.15) is 18.1 Å². The van der Waals surface area contributed by atoms with Gasteiger partial charge < -0.3 is 4.74 Å². The predicted octanol–water partition coefficient (Wildman–Crippen LogP) is 2.81. The second-order valence-corrected chi connectivity index (χ2v) is 7.56. The summed E-state index contributed by atoms with van der Waals surface area (Å²) in [5, 5.41) is 0. The van der Waals surface area contributed by atoms with E-state index >= 15 is 0 Å². The van der Waals surface area contributed by atoms with Gasteiger partial charge in [-0.25, -0.2) is 21.9 Å². The van der Waals surface area contributed by atoms with E-state index in [0.29, 0.717) is 19.1 Å². The van der Waals surface area contributed by atoms with E-state index in [9.17, 15) is 17.2 Å². The van der Waals surface area contributed by atoms with E-state index in [1.54, 1.807) is 6.92 Å². The Labute approximate surface area is 139 Å². The zero-order valence-corrected chi connectivity index (χ0v) is 13.9. The Morgan fingerprint density at radius 3 is 2.71 bits per heavy atom. The highest BCUT2D eigenvalue weighted by atomic mass is 32.2. The van der Waals surface area contributed by atoms with Gasteiger partial charge in [-0.1, -0.05) is 12.1 Å². The molecule has 0 saturated carbocycles. The maximum absolute atomic E-state index is 13.2. The van der Waals surface area contributed by atoms with Gasteiger partial charge in [0.15, 0.2) is 11.6 Å². The highest BCUT2D eigenvalue weighted by Gasteiger charge is 2.20. The van der Waals surface area contributed by atoms with Gasteiger partial charge in [0.1, 0.15) is 5.75 Å². The van der Waals surface area contributed by atoms with Gasteiger partial charge in [0.05, 0.1) is 11.5 Å². The largest absolute Gasteiger partial charge is 0.493 e. The van der Waals surface area contributed by atoms with Crippen molar-refractivity contribution < 1.29 is 21.9 Å². The molecular weight excluding hydrogens is 336 g/mol. The van der Waals surface area contributed by atoms with Crippen molar-refractivity contribution in [2.75, 3.05) is 6.61 Å². The van der Waals surface area contributed by atoms with Crippen molar-refractivity contribution in [1.29, 1.82) is 0 Å². The lowest BCUT2D eigenvalue weighted by Crippen LogP contribution is -2.34. The number of hydrogen-bond donors (Lipinski definition) is 1. The summed E-state index contributed by atoms with van der Waals surface area (Å²) in [4.78, 5) is -0.296. The van der Waals surface area contributed by atoms with Crippen LogP contribution in [0, 0.1) is 11.6 Å². The molecule has 0 aromatic heterocycles. The molecule has 0 fully saturated rings. The van der Waals surface area contributed by atoms with Crippen LogP contribution in [0.4, 0.5) is 8.78 Å². The lowest BCUT2D eigenvalue weighted by molar-refractivity contribution is 0.357. The quantitative estimate of drug-likeness (QED) is 0.899. The van der Waals surface area contributed by atoms with Crippen LogP contribution >= 0.6 is 0 Å². The summed E-state index contributed by atoms with van der Waals surface area (Å²) in [5.74, 6) is -1.40. The molecule has 128 valence electrons.